The van der Waals surface area contributed by atoms with Gasteiger partial charge in [-0.2, -0.15) is 5.26 Å². The lowest BCUT2D eigenvalue weighted by Gasteiger charge is -2.40. The lowest BCUT2D eigenvalue weighted by Crippen LogP contribution is -2.50. The molecule has 2 aromatic rings. The van der Waals surface area contributed by atoms with Crippen molar-refractivity contribution in [3.05, 3.63) is 76.9 Å². The van der Waals surface area contributed by atoms with E-state index in [9.17, 15) is 10.4 Å². The van der Waals surface area contributed by atoms with E-state index in [0.717, 1.165) is 49.3 Å². The summed E-state index contributed by atoms with van der Waals surface area (Å²) < 4.78 is 0. The largest absolute Gasteiger partial charge is 0.379 e. The number of rotatable bonds is 2. The number of hydrogen-bond donors (Lipinski definition) is 1. The molecule has 4 rings (SSSR count). The Hall–Kier alpha value is -2.45. The Balaban J connectivity index is 1.77. The van der Waals surface area contributed by atoms with Gasteiger partial charge in [0.2, 0.25) is 0 Å². The van der Waals surface area contributed by atoms with E-state index in [0.29, 0.717) is 0 Å². The van der Waals surface area contributed by atoms with Crippen molar-refractivity contribution in [2.45, 2.75) is 25.6 Å². The van der Waals surface area contributed by atoms with Crippen LogP contribution in [0.4, 0.5) is 0 Å². The molecule has 0 amide bonds. The van der Waals surface area contributed by atoms with Crippen LogP contribution < -0.4 is 0 Å². The van der Waals surface area contributed by atoms with Gasteiger partial charge in [0.05, 0.1) is 6.07 Å². The number of piperazine rings is 1. The summed E-state index contributed by atoms with van der Waals surface area (Å²) in [6.07, 6.45) is 2.23. The van der Waals surface area contributed by atoms with E-state index in [2.05, 4.69) is 58.3 Å². The van der Waals surface area contributed by atoms with Gasteiger partial charge in [-0.25, -0.2) is 0 Å². The van der Waals surface area contributed by atoms with Crippen LogP contribution in [0.25, 0.3) is 5.57 Å². The fraction of sp³-hybridized carbons (Fsp3) is 0.348. The fourth-order valence-electron chi connectivity index (χ4n) is 4.43. The van der Waals surface area contributed by atoms with Gasteiger partial charge < -0.3 is 5.11 Å². The molecular weight excluding hydrogens is 334 g/mol. The third-order valence-corrected chi connectivity index (χ3v) is 5.86. The Morgan fingerprint density at radius 3 is 2.41 bits per heavy atom. The highest BCUT2D eigenvalue weighted by molar-refractivity contribution is 5.85. The van der Waals surface area contributed by atoms with Crippen LogP contribution in [0.15, 0.2) is 54.6 Å². The Morgan fingerprint density at radius 2 is 1.70 bits per heavy atom. The average Bonchev–Trinajstić information content (AvgIpc) is 2.84. The van der Waals surface area contributed by atoms with Crippen molar-refractivity contribution in [3.63, 3.8) is 0 Å². The first-order chi connectivity index (χ1) is 13.2. The lowest BCUT2D eigenvalue weighted by atomic mass is 9.93. The predicted octanol–water partition coefficient (Wildman–Crippen LogP) is 3.19. The standard InChI is InChI=1S/C23H25N3O/c1-17(27)25-12-14-26(15-13-25)23-16-18-6-2-3-7-19(18)21(10-11-24)20-8-4-5-9-22(20)23/h2-10,17,23,27H,12-16H2,1H3/b21-10-. The van der Waals surface area contributed by atoms with E-state index in [-0.39, 0.29) is 12.3 Å². The minimum Gasteiger partial charge on any atom is -0.379 e. The van der Waals surface area contributed by atoms with E-state index in [1.54, 1.807) is 6.08 Å². The molecule has 0 spiro atoms. The van der Waals surface area contributed by atoms with Crippen LogP contribution in [0, 0.1) is 11.3 Å². The van der Waals surface area contributed by atoms with Gasteiger partial charge in [0.1, 0.15) is 6.23 Å². The summed E-state index contributed by atoms with van der Waals surface area (Å²) in [5.74, 6) is 0. The number of nitrogens with zero attached hydrogens (tertiary/aromatic N) is 3. The van der Waals surface area contributed by atoms with Crippen molar-refractivity contribution < 1.29 is 5.11 Å². The summed E-state index contributed by atoms with van der Waals surface area (Å²) in [7, 11) is 0. The number of allylic oxidation sites excluding steroid dienone is 1. The van der Waals surface area contributed by atoms with Gasteiger partial charge in [0.15, 0.2) is 0 Å². The Kier molecular flexibility index (Phi) is 5.09. The number of nitriles is 1. The van der Waals surface area contributed by atoms with E-state index in [1.807, 2.05) is 13.0 Å². The van der Waals surface area contributed by atoms with Crippen LogP contribution in [0.2, 0.25) is 0 Å². The second-order valence-corrected chi connectivity index (χ2v) is 7.36. The minimum atomic E-state index is -0.389. The SMILES string of the molecule is CC(O)N1CCN(C2Cc3ccccc3/C(=C/C#N)c3ccccc32)CC1. The lowest BCUT2D eigenvalue weighted by molar-refractivity contribution is -0.0214. The number of fused-ring (bicyclic) bond motifs is 2. The van der Waals surface area contributed by atoms with Gasteiger partial charge in [0.25, 0.3) is 0 Å². The van der Waals surface area contributed by atoms with Crippen LogP contribution in [0.5, 0.6) is 0 Å². The molecule has 0 aromatic heterocycles. The maximum Gasteiger partial charge on any atom is 0.104 e. The first kappa shape index (κ1) is 17.9. The molecule has 0 radical (unpaired) electrons. The summed E-state index contributed by atoms with van der Waals surface area (Å²) in [5.41, 5.74) is 5.93. The first-order valence-electron chi connectivity index (χ1n) is 9.62. The minimum absolute atomic E-state index is 0.281. The zero-order valence-electron chi connectivity index (χ0n) is 15.7. The van der Waals surface area contributed by atoms with Crippen LogP contribution in [0.1, 0.15) is 35.2 Å². The first-order valence-corrected chi connectivity index (χ1v) is 9.62. The van der Waals surface area contributed by atoms with Crippen molar-refractivity contribution in [1.29, 1.82) is 5.26 Å². The van der Waals surface area contributed by atoms with Crippen molar-refractivity contribution in [1.82, 2.24) is 9.80 Å². The van der Waals surface area contributed by atoms with E-state index >= 15 is 0 Å². The quantitative estimate of drug-likeness (QED) is 0.837. The third kappa shape index (κ3) is 3.42. The fourth-order valence-corrected chi connectivity index (χ4v) is 4.43. The molecule has 2 aromatic carbocycles. The molecule has 4 nitrogen and oxygen atoms in total. The van der Waals surface area contributed by atoms with Crippen LogP contribution >= 0.6 is 0 Å². The summed E-state index contributed by atoms with van der Waals surface area (Å²) in [6, 6.07) is 19.5. The highest BCUT2D eigenvalue weighted by Gasteiger charge is 2.31. The molecule has 2 unspecified atom stereocenters. The van der Waals surface area contributed by atoms with Gasteiger partial charge >= 0.3 is 0 Å². The van der Waals surface area contributed by atoms with Crippen LogP contribution in [-0.2, 0) is 6.42 Å². The normalized spacial score (nSPS) is 23.1. The number of hydrogen-bond acceptors (Lipinski definition) is 4. The Morgan fingerprint density at radius 1 is 1.04 bits per heavy atom. The summed E-state index contributed by atoms with van der Waals surface area (Å²) in [6.45, 7) is 5.45. The van der Waals surface area contributed by atoms with E-state index in [4.69, 9.17) is 0 Å². The highest BCUT2D eigenvalue weighted by Crippen LogP contribution is 2.40. The maximum atomic E-state index is 9.87. The maximum absolute atomic E-state index is 9.87. The van der Waals surface area contributed by atoms with Gasteiger partial charge in [0, 0.05) is 38.3 Å². The molecule has 1 heterocycles. The van der Waals surface area contributed by atoms with Gasteiger partial charge in [-0.1, -0.05) is 48.5 Å². The molecule has 1 N–H and O–H groups in total. The molecule has 1 fully saturated rings. The molecule has 2 atom stereocenters. The zero-order chi connectivity index (χ0) is 18.8. The van der Waals surface area contributed by atoms with Crippen molar-refractivity contribution in [2.75, 3.05) is 26.2 Å². The molecule has 1 aliphatic heterocycles. The van der Waals surface area contributed by atoms with Crippen molar-refractivity contribution >= 4 is 5.57 Å². The monoisotopic (exact) mass is 359 g/mol. The number of benzene rings is 2. The Labute approximate surface area is 161 Å². The van der Waals surface area contributed by atoms with E-state index in [1.165, 1.54) is 11.1 Å². The third-order valence-electron chi connectivity index (χ3n) is 5.86. The van der Waals surface area contributed by atoms with Crippen molar-refractivity contribution in [3.8, 4) is 6.07 Å². The molecule has 4 heteroatoms. The number of aliphatic hydroxyl groups excluding tert-OH is 1. The average molecular weight is 359 g/mol. The molecule has 27 heavy (non-hydrogen) atoms. The smallest absolute Gasteiger partial charge is 0.104 e. The summed E-state index contributed by atoms with van der Waals surface area (Å²) >= 11 is 0. The van der Waals surface area contributed by atoms with Gasteiger partial charge in [-0.3, -0.25) is 9.80 Å². The molecule has 0 bridgehead atoms. The molecule has 0 saturated carbocycles. The van der Waals surface area contributed by atoms with Crippen LogP contribution in [0.3, 0.4) is 0 Å². The zero-order valence-corrected chi connectivity index (χ0v) is 15.7. The molecule has 138 valence electrons. The highest BCUT2D eigenvalue weighted by atomic mass is 16.3. The van der Waals surface area contributed by atoms with Crippen molar-refractivity contribution in [2.24, 2.45) is 0 Å². The van der Waals surface area contributed by atoms with Gasteiger partial charge in [-0.05, 0) is 41.2 Å². The molecule has 1 saturated heterocycles. The number of aliphatic hydroxyl groups is 1. The predicted molar refractivity (Wildman–Crippen MR) is 107 cm³/mol. The molecule has 2 aliphatic rings. The Bertz CT molecular complexity index is 888. The van der Waals surface area contributed by atoms with E-state index < -0.39 is 0 Å². The second kappa shape index (κ2) is 7.66. The van der Waals surface area contributed by atoms with Crippen LogP contribution in [-0.4, -0.2) is 47.3 Å². The topological polar surface area (TPSA) is 50.5 Å². The molecular formula is C23H25N3O. The summed E-state index contributed by atoms with van der Waals surface area (Å²) in [4.78, 5) is 4.65. The molecule has 1 aliphatic carbocycles. The second-order valence-electron chi connectivity index (χ2n) is 7.36. The van der Waals surface area contributed by atoms with Gasteiger partial charge in [-0.15, -0.1) is 0 Å². The summed E-state index contributed by atoms with van der Waals surface area (Å²) in [5, 5.41) is 19.3.